The van der Waals surface area contributed by atoms with Crippen LogP contribution in [-0.4, -0.2) is 36.3 Å². The summed E-state index contributed by atoms with van der Waals surface area (Å²) in [5.74, 6) is 0.877. The molecule has 0 aliphatic carbocycles. The summed E-state index contributed by atoms with van der Waals surface area (Å²) < 4.78 is 0. The molecule has 4 rings (SSSR count). The van der Waals surface area contributed by atoms with Crippen molar-refractivity contribution in [3.05, 3.63) is 54.4 Å². The van der Waals surface area contributed by atoms with Crippen LogP contribution in [0.3, 0.4) is 0 Å². The maximum atomic E-state index is 4.59. The molecular weight excluding hydrogens is 270 g/mol. The fourth-order valence-electron chi connectivity index (χ4n) is 3.93. The van der Waals surface area contributed by atoms with Crippen molar-refractivity contribution >= 4 is 11.3 Å². The van der Waals surface area contributed by atoms with Gasteiger partial charge in [-0.25, -0.2) is 0 Å². The molecule has 3 nitrogen and oxygen atoms in total. The van der Waals surface area contributed by atoms with E-state index < -0.39 is 0 Å². The van der Waals surface area contributed by atoms with Gasteiger partial charge in [0.15, 0.2) is 0 Å². The zero-order chi connectivity index (χ0) is 14.9. The van der Waals surface area contributed by atoms with Crippen LogP contribution in [0.2, 0.25) is 0 Å². The van der Waals surface area contributed by atoms with Gasteiger partial charge in [-0.15, -0.1) is 0 Å². The topological polar surface area (TPSA) is 27.6 Å². The van der Waals surface area contributed by atoms with E-state index in [1.807, 2.05) is 12.3 Å². The molecular formula is C19H23N3. The Kier molecular flexibility index (Phi) is 3.59. The number of allylic oxidation sites excluding steroid dienone is 2. The summed E-state index contributed by atoms with van der Waals surface area (Å²) in [6.07, 6.45) is 5.52. The lowest BCUT2D eigenvalue weighted by molar-refractivity contribution is 0.229. The quantitative estimate of drug-likeness (QED) is 0.924. The number of aliphatic imine (C=N–C) groups is 1. The first kappa shape index (κ1) is 13.8. The Morgan fingerprint density at radius 2 is 2.09 bits per heavy atom. The van der Waals surface area contributed by atoms with Gasteiger partial charge in [-0.1, -0.05) is 36.9 Å². The number of hydrogen-bond donors (Lipinski definition) is 1. The molecule has 3 heterocycles. The molecule has 0 amide bonds. The molecule has 0 radical (unpaired) electrons. The third-order valence-corrected chi connectivity index (χ3v) is 5.07. The molecule has 1 aromatic rings. The highest BCUT2D eigenvalue weighted by atomic mass is 15.2. The lowest BCUT2D eigenvalue weighted by atomic mass is 9.96. The zero-order valence-electron chi connectivity index (χ0n) is 13.0. The molecule has 0 saturated carbocycles. The number of piperidine rings is 1. The minimum absolute atomic E-state index is 0.539. The average molecular weight is 293 g/mol. The Morgan fingerprint density at radius 1 is 1.23 bits per heavy atom. The molecule has 3 aliphatic heterocycles. The highest BCUT2D eigenvalue weighted by molar-refractivity contribution is 6.08. The van der Waals surface area contributed by atoms with Crippen LogP contribution >= 0.6 is 0 Å². The van der Waals surface area contributed by atoms with Gasteiger partial charge >= 0.3 is 0 Å². The summed E-state index contributed by atoms with van der Waals surface area (Å²) in [4.78, 5) is 7.16. The van der Waals surface area contributed by atoms with E-state index >= 15 is 0 Å². The molecule has 3 unspecified atom stereocenters. The Morgan fingerprint density at radius 3 is 2.91 bits per heavy atom. The summed E-state index contributed by atoms with van der Waals surface area (Å²) in [7, 11) is 0. The van der Waals surface area contributed by atoms with Crippen LogP contribution in [0.1, 0.15) is 24.8 Å². The van der Waals surface area contributed by atoms with Crippen molar-refractivity contribution in [3.63, 3.8) is 0 Å². The molecule has 2 saturated heterocycles. The Labute approximate surface area is 132 Å². The molecule has 3 atom stereocenters. The lowest BCUT2D eigenvalue weighted by Crippen LogP contribution is -2.45. The minimum Gasteiger partial charge on any atom is -0.380 e. The van der Waals surface area contributed by atoms with Crippen molar-refractivity contribution in [3.8, 4) is 0 Å². The number of nitrogens with one attached hydrogen (secondary N) is 1. The van der Waals surface area contributed by atoms with Gasteiger partial charge in [-0.05, 0) is 36.4 Å². The van der Waals surface area contributed by atoms with E-state index in [1.54, 1.807) is 0 Å². The minimum atomic E-state index is 0.539. The van der Waals surface area contributed by atoms with E-state index in [4.69, 9.17) is 0 Å². The first-order valence-corrected chi connectivity index (χ1v) is 8.27. The number of rotatable bonds is 4. The van der Waals surface area contributed by atoms with Crippen LogP contribution < -0.4 is 5.32 Å². The predicted molar refractivity (Wildman–Crippen MR) is 91.7 cm³/mol. The third-order valence-electron chi connectivity index (χ3n) is 5.07. The summed E-state index contributed by atoms with van der Waals surface area (Å²) in [5.41, 5.74) is 4.64. The first-order valence-electron chi connectivity index (χ1n) is 8.27. The Bertz CT molecular complexity index is 617. The van der Waals surface area contributed by atoms with Crippen LogP contribution in [0.25, 0.3) is 5.57 Å². The van der Waals surface area contributed by atoms with E-state index in [-0.39, 0.29) is 0 Å². The highest BCUT2D eigenvalue weighted by Crippen LogP contribution is 2.28. The summed E-state index contributed by atoms with van der Waals surface area (Å²) in [6, 6.07) is 11.0. The molecule has 3 heteroatoms. The van der Waals surface area contributed by atoms with Gasteiger partial charge in [-0.2, -0.15) is 0 Å². The first-order chi connectivity index (χ1) is 10.8. The summed E-state index contributed by atoms with van der Waals surface area (Å²) in [6.45, 7) is 7.96. The molecule has 0 aromatic heterocycles. The fraction of sp³-hybridized carbons (Fsp3) is 0.421. The molecule has 2 fully saturated rings. The standard InChI is InChI=1S/C19H23N3/c1-14(21-18-9-15-7-8-22(12-15)13-18)19-10-17(11-20-19)16-5-3-2-4-6-16/h2-6,11,15,18,21H,1,7-10,12-13H2. The van der Waals surface area contributed by atoms with E-state index in [0.29, 0.717) is 6.04 Å². The third kappa shape index (κ3) is 2.73. The van der Waals surface area contributed by atoms with Crippen molar-refractivity contribution < 1.29 is 0 Å². The second-order valence-corrected chi connectivity index (χ2v) is 6.74. The van der Waals surface area contributed by atoms with Crippen LogP contribution in [0.15, 0.2) is 53.8 Å². The average Bonchev–Trinajstić information content (AvgIpc) is 3.15. The smallest absolute Gasteiger partial charge is 0.0673 e. The van der Waals surface area contributed by atoms with Crippen molar-refractivity contribution in [1.82, 2.24) is 10.2 Å². The molecule has 3 aliphatic rings. The van der Waals surface area contributed by atoms with Crippen LogP contribution in [0.5, 0.6) is 0 Å². The number of nitrogens with zero attached hydrogens (tertiary/aromatic N) is 2. The normalized spacial score (nSPS) is 29.9. The Hall–Kier alpha value is -1.87. The molecule has 22 heavy (non-hydrogen) atoms. The number of benzene rings is 1. The maximum absolute atomic E-state index is 4.59. The van der Waals surface area contributed by atoms with E-state index in [0.717, 1.165) is 30.3 Å². The van der Waals surface area contributed by atoms with Crippen LogP contribution in [0, 0.1) is 5.92 Å². The van der Waals surface area contributed by atoms with Gasteiger partial charge in [0, 0.05) is 37.4 Å². The second kappa shape index (κ2) is 5.73. The zero-order valence-corrected chi connectivity index (χ0v) is 13.0. The second-order valence-electron chi connectivity index (χ2n) is 6.74. The molecule has 2 bridgehead atoms. The molecule has 0 spiro atoms. The highest BCUT2D eigenvalue weighted by Gasteiger charge is 2.32. The van der Waals surface area contributed by atoms with E-state index in [2.05, 4.69) is 46.1 Å². The monoisotopic (exact) mass is 293 g/mol. The van der Waals surface area contributed by atoms with Crippen LogP contribution in [0.4, 0.5) is 0 Å². The van der Waals surface area contributed by atoms with Gasteiger partial charge in [-0.3, -0.25) is 4.99 Å². The Balaban J connectivity index is 1.35. The van der Waals surface area contributed by atoms with Gasteiger partial charge in [0.1, 0.15) is 0 Å². The molecule has 1 N–H and O–H groups in total. The maximum Gasteiger partial charge on any atom is 0.0673 e. The van der Waals surface area contributed by atoms with Crippen molar-refractivity contribution in [2.45, 2.75) is 25.3 Å². The molecule has 1 aromatic carbocycles. The van der Waals surface area contributed by atoms with Crippen LogP contribution in [-0.2, 0) is 0 Å². The van der Waals surface area contributed by atoms with Gasteiger partial charge < -0.3 is 10.2 Å². The van der Waals surface area contributed by atoms with Gasteiger partial charge in [0.05, 0.1) is 5.71 Å². The molecule has 114 valence electrons. The van der Waals surface area contributed by atoms with Gasteiger partial charge in [0.25, 0.3) is 0 Å². The summed E-state index contributed by atoms with van der Waals surface area (Å²) in [5, 5.41) is 3.63. The predicted octanol–water partition coefficient (Wildman–Crippen LogP) is 3.07. The summed E-state index contributed by atoms with van der Waals surface area (Å²) >= 11 is 0. The number of fused-ring (bicyclic) bond motifs is 2. The van der Waals surface area contributed by atoms with Crippen molar-refractivity contribution in [2.24, 2.45) is 10.9 Å². The lowest BCUT2D eigenvalue weighted by Gasteiger charge is -2.31. The van der Waals surface area contributed by atoms with Crippen molar-refractivity contribution in [2.75, 3.05) is 19.6 Å². The van der Waals surface area contributed by atoms with Crippen molar-refractivity contribution in [1.29, 1.82) is 0 Å². The largest absolute Gasteiger partial charge is 0.380 e. The van der Waals surface area contributed by atoms with Gasteiger partial charge in [0.2, 0.25) is 0 Å². The SMILES string of the molecule is C=C(NC1CC2CCN(C2)C1)C1=NC=C(c2ccccc2)C1. The fourth-order valence-corrected chi connectivity index (χ4v) is 3.93. The van der Waals surface area contributed by atoms with E-state index in [1.165, 1.54) is 37.1 Å². The number of hydrogen-bond acceptors (Lipinski definition) is 3. The van der Waals surface area contributed by atoms with E-state index in [9.17, 15) is 0 Å².